The number of carbonyl (C=O) groups excluding carboxylic acids is 1. The van der Waals surface area contributed by atoms with E-state index in [1.165, 1.54) is 12.0 Å². The van der Waals surface area contributed by atoms with Gasteiger partial charge in [-0.15, -0.1) is 0 Å². The Morgan fingerprint density at radius 1 is 1.29 bits per heavy atom. The summed E-state index contributed by atoms with van der Waals surface area (Å²) in [5.74, 6) is 0.205. The second kappa shape index (κ2) is 5.35. The number of carbonyl (C=O) groups is 1. The van der Waals surface area contributed by atoms with Crippen molar-refractivity contribution in [2.75, 3.05) is 0 Å². The Bertz CT molecular complexity index is 374. The highest BCUT2D eigenvalue weighted by molar-refractivity contribution is 5.78. The first kappa shape index (κ1) is 12.2. The van der Waals surface area contributed by atoms with E-state index in [9.17, 15) is 4.79 Å². The van der Waals surface area contributed by atoms with Crippen LogP contribution in [0.1, 0.15) is 51.0 Å². The first-order chi connectivity index (χ1) is 8.27. The maximum Gasteiger partial charge on any atom is 0.220 e. The van der Waals surface area contributed by atoms with Crippen LogP contribution in [0.15, 0.2) is 30.3 Å². The monoisotopic (exact) mass is 231 g/mol. The maximum absolute atomic E-state index is 11.7. The fourth-order valence-corrected chi connectivity index (χ4v) is 2.73. The Balaban J connectivity index is 2.26. The topological polar surface area (TPSA) is 29.1 Å². The molecule has 17 heavy (non-hydrogen) atoms. The Hall–Kier alpha value is -1.31. The molecule has 0 aromatic heterocycles. The molecule has 2 rings (SSSR count). The van der Waals surface area contributed by atoms with Crippen molar-refractivity contribution >= 4 is 5.91 Å². The van der Waals surface area contributed by atoms with Gasteiger partial charge in [0.2, 0.25) is 5.91 Å². The van der Waals surface area contributed by atoms with E-state index in [4.69, 9.17) is 0 Å². The second-order valence-corrected chi connectivity index (χ2v) is 4.95. The normalized spacial score (nSPS) is 24.4. The van der Waals surface area contributed by atoms with Crippen LogP contribution in [0.5, 0.6) is 0 Å². The van der Waals surface area contributed by atoms with Gasteiger partial charge in [0, 0.05) is 6.42 Å². The van der Waals surface area contributed by atoms with Gasteiger partial charge < -0.3 is 5.32 Å². The average molecular weight is 231 g/mol. The quantitative estimate of drug-likeness (QED) is 0.845. The number of unbranched alkanes of at least 4 members (excludes halogenated alkanes) is 1. The molecule has 1 atom stereocenters. The predicted molar refractivity (Wildman–Crippen MR) is 69.6 cm³/mol. The molecular formula is C15H21NO. The number of hydrogen-bond donors (Lipinski definition) is 1. The summed E-state index contributed by atoms with van der Waals surface area (Å²) >= 11 is 0. The van der Waals surface area contributed by atoms with E-state index in [-0.39, 0.29) is 11.4 Å². The van der Waals surface area contributed by atoms with Crippen LogP contribution in [0.4, 0.5) is 0 Å². The molecule has 0 bridgehead atoms. The molecule has 0 spiro atoms. The molecule has 1 amide bonds. The SMILES string of the molecule is CCCCC1(c2ccccc2)CCCC(=O)N1. The molecule has 1 aliphatic rings. The molecular weight excluding hydrogens is 210 g/mol. The molecule has 1 fully saturated rings. The van der Waals surface area contributed by atoms with Crippen LogP contribution in [0, 0.1) is 0 Å². The van der Waals surface area contributed by atoms with Crippen molar-refractivity contribution < 1.29 is 4.79 Å². The minimum atomic E-state index is -0.105. The van der Waals surface area contributed by atoms with Gasteiger partial charge in [-0.05, 0) is 24.8 Å². The van der Waals surface area contributed by atoms with E-state index < -0.39 is 0 Å². The van der Waals surface area contributed by atoms with E-state index in [2.05, 4.69) is 36.5 Å². The zero-order valence-corrected chi connectivity index (χ0v) is 10.5. The summed E-state index contributed by atoms with van der Waals surface area (Å²) in [4.78, 5) is 11.7. The number of nitrogens with one attached hydrogen (secondary N) is 1. The lowest BCUT2D eigenvalue weighted by Crippen LogP contribution is -2.48. The average Bonchev–Trinajstić information content (AvgIpc) is 2.37. The number of piperidine rings is 1. The van der Waals surface area contributed by atoms with Crippen molar-refractivity contribution in [1.82, 2.24) is 5.32 Å². The van der Waals surface area contributed by atoms with Gasteiger partial charge in [0.1, 0.15) is 0 Å². The summed E-state index contributed by atoms with van der Waals surface area (Å²) in [6.45, 7) is 2.20. The summed E-state index contributed by atoms with van der Waals surface area (Å²) in [5, 5.41) is 3.24. The molecule has 92 valence electrons. The third kappa shape index (κ3) is 2.68. The minimum absolute atomic E-state index is 0.105. The van der Waals surface area contributed by atoms with Crippen LogP contribution >= 0.6 is 0 Å². The van der Waals surface area contributed by atoms with Crippen LogP contribution < -0.4 is 5.32 Å². The number of hydrogen-bond acceptors (Lipinski definition) is 1. The Morgan fingerprint density at radius 3 is 2.71 bits per heavy atom. The Morgan fingerprint density at radius 2 is 2.06 bits per heavy atom. The van der Waals surface area contributed by atoms with Crippen molar-refractivity contribution in [1.29, 1.82) is 0 Å². The summed E-state index contributed by atoms with van der Waals surface area (Å²) in [6.07, 6.45) is 6.15. The number of rotatable bonds is 4. The number of benzene rings is 1. The Kier molecular flexibility index (Phi) is 3.82. The van der Waals surface area contributed by atoms with Gasteiger partial charge in [0.05, 0.1) is 5.54 Å². The van der Waals surface area contributed by atoms with Crippen molar-refractivity contribution in [3.63, 3.8) is 0 Å². The maximum atomic E-state index is 11.7. The highest BCUT2D eigenvalue weighted by Crippen LogP contribution is 2.35. The largest absolute Gasteiger partial charge is 0.347 e. The van der Waals surface area contributed by atoms with Crippen molar-refractivity contribution in [3.05, 3.63) is 35.9 Å². The van der Waals surface area contributed by atoms with Crippen LogP contribution in [0.25, 0.3) is 0 Å². The molecule has 1 N–H and O–H groups in total. The van der Waals surface area contributed by atoms with Gasteiger partial charge in [-0.1, -0.05) is 50.1 Å². The molecule has 2 nitrogen and oxygen atoms in total. The molecule has 2 heteroatoms. The molecule has 1 aromatic carbocycles. The zero-order valence-electron chi connectivity index (χ0n) is 10.5. The van der Waals surface area contributed by atoms with Crippen LogP contribution in [-0.2, 0) is 10.3 Å². The third-order valence-electron chi connectivity index (χ3n) is 3.67. The van der Waals surface area contributed by atoms with E-state index >= 15 is 0 Å². The molecule has 0 radical (unpaired) electrons. The van der Waals surface area contributed by atoms with Crippen molar-refractivity contribution in [2.24, 2.45) is 0 Å². The Labute approximate surface area is 103 Å². The lowest BCUT2D eigenvalue weighted by Gasteiger charge is -2.39. The molecule has 0 aliphatic carbocycles. The van der Waals surface area contributed by atoms with E-state index in [1.54, 1.807) is 0 Å². The van der Waals surface area contributed by atoms with Crippen LogP contribution in [0.2, 0.25) is 0 Å². The van der Waals surface area contributed by atoms with Gasteiger partial charge in [-0.2, -0.15) is 0 Å². The lowest BCUT2D eigenvalue weighted by molar-refractivity contribution is -0.125. The van der Waals surface area contributed by atoms with Gasteiger partial charge in [-0.3, -0.25) is 4.79 Å². The molecule has 1 unspecified atom stereocenters. The van der Waals surface area contributed by atoms with Gasteiger partial charge in [0.15, 0.2) is 0 Å². The van der Waals surface area contributed by atoms with E-state index in [1.807, 2.05) is 6.07 Å². The standard InChI is InChI=1S/C15H21NO/c1-2-3-11-15(12-7-10-14(17)16-15)13-8-5-4-6-9-13/h4-6,8-9H,2-3,7,10-12H2,1H3,(H,16,17). The molecule has 0 saturated carbocycles. The lowest BCUT2D eigenvalue weighted by atomic mass is 9.78. The molecule has 1 aromatic rings. The van der Waals surface area contributed by atoms with E-state index in [0.29, 0.717) is 6.42 Å². The van der Waals surface area contributed by atoms with Crippen molar-refractivity contribution in [2.45, 2.75) is 51.0 Å². The number of amides is 1. The second-order valence-electron chi connectivity index (χ2n) is 4.95. The molecule has 1 saturated heterocycles. The molecule has 1 heterocycles. The highest BCUT2D eigenvalue weighted by atomic mass is 16.1. The van der Waals surface area contributed by atoms with Gasteiger partial charge >= 0.3 is 0 Å². The summed E-state index contributed by atoms with van der Waals surface area (Å²) in [6, 6.07) is 10.4. The fourth-order valence-electron chi connectivity index (χ4n) is 2.73. The summed E-state index contributed by atoms with van der Waals surface area (Å²) in [7, 11) is 0. The van der Waals surface area contributed by atoms with E-state index in [0.717, 1.165) is 25.7 Å². The first-order valence-corrected chi connectivity index (χ1v) is 6.63. The van der Waals surface area contributed by atoms with Gasteiger partial charge in [-0.25, -0.2) is 0 Å². The minimum Gasteiger partial charge on any atom is -0.347 e. The van der Waals surface area contributed by atoms with Crippen LogP contribution in [0.3, 0.4) is 0 Å². The zero-order chi connectivity index (χ0) is 12.1. The summed E-state index contributed by atoms with van der Waals surface area (Å²) in [5.41, 5.74) is 1.16. The van der Waals surface area contributed by atoms with Crippen molar-refractivity contribution in [3.8, 4) is 0 Å². The van der Waals surface area contributed by atoms with Crippen LogP contribution in [-0.4, -0.2) is 5.91 Å². The molecule has 1 aliphatic heterocycles. The fraction of sp³-hybridized carbons (Fsp3) is 0.533. The third-order valence-corrected chi connectivity index (χ3v) is 3.67. The smallest absolute Gasteiger partial charge is 0.220 e. The predicted octanol–water partition coefficient (Wildman–Crippen LogP) is 3.37. The first-order valence-electron chi connectivity index (χ1n) is 6.63. The highest BCUT2D eigenvalue weighted by Gasteiger charge is 2.35. The summed E-state index contributed by atoms with van der Waals surface area (Å²) < 4.78 is 0. The van der Waals surface area contributed by atoms with Gasteiger partial charge in [0.25, 0.3) is 0 Å².